The second-order valence-corrected chi connectivity index (χ2v) is 5.26. The van der Waals surface area contributed by atoms with E-state index in [2.05, 4.69) is 22.1 Å². The number of anilines is 1. The molecule has 1 unspecified atom stereocenters. The summed E-state index contributed by atoms with van der Waals surface area (Å²) in [5.41, 5.74) is 0. The lowest BCUT2D eigenvalue weighted by Crippen LogP contribution is -2.46. The number of piperidine rings is 1. The second-order valence-electron chi connectivity index (χ2n) is 4.86. The standard InChI is InChI=1S/C14H22ClN3/c1-2-8-16-11-12-6-3-4-10-18(12)14-13(15)7-5-9-17-14/h5,7,9,12,16H,2-4,6,8,10-11H2,1H3. The van der Waals surface area contributed by atoms with E-state index in [1.165, 1.54) is 25.7 Å². The maximum atomic E-state index is 6.26. The SMILES string of the molecule is CCCNCC1CCCCN1c1ncccc1Cl. The third-order valence-electron chi connectivity index (χ3n) is 3.44. The lowest BCUT2D eigenvalue weighted by molar-refractivity contribution is 0.433. The molecule has 1 aromatic heterocycles. The van der Waals surface area contributed by atoms with Crippen LogP contribution in [0.5, 0.6) is 0 Å². The number of hydrogen-bond acceptors (Lipinski definition) is 3. The number of rotatable bonds is 5. The topological polar surface area (TPSA) is 28.2 Å². The van der Waals surface area contributed by atoms with Gasteiger partial charge in [0.1, 0.15) is 5.82 Å². The number of hydrogen-bond donors (Lipinski definition) is 1. The summed E-state index contributed by atoms with van der Waals surface area (Å²) in [5.74, 6) is 0.946. The molecule has 2 rings (SSSR count). The summed E-state index contributed by atoms with van der Waals surface area (Å²) in [6.07, 6.45) is 6.77. The van der Waals surface area contributed by atoms with Crippen LogP contribution in [-0.4, -0.2) is 30.7 Å². The van der Waals surface area contributed by atoms with Gasteiger partial charge in [0, 0.05) is 25.3 Å². The summed E-state index contributed by atoms with van der Waals surface area (Å²) in [6.45, 7) is 5.37. The first-order valence-electron chi connectivity index (χ1n) is 6.90. The molecular weight excluding hydrogens is 246 g/mol. The van der Waals surface area contributed by atoms with Crippen molar-refractivity contribution in [1.29, 1.82) is 0 Å². The van der Waals surface area contributed by atoms with Gasteiger partial charge in [-0.3, -0.25) is 0 Å². The molecule has 1 fully saturated rings. The summed E-state index contributed by atoms with van der Waals surface area (Å²) >= 11 is 6.26. The monoisotopic (exact) mass is 267 g/mol. The van der Waals surface area contributed by atoms with Crippen LogP contribution in [0.25, 0.3) is 0 Å². The van der Waals surface area contributed by atoms with E-state index in [9.17, 15) is 0 Å². The average molecular weight is 268 g/mol. The molecule has 4 heteroatoms. The highest BCUT2D eigenvalue weighted by atomic mass is 35.5. The fraction of sp³-hybridized carbons (Fsp3) is 0.643. The largest absolute Gasteiger partial charge is 0.351 e. The van der Waals surface area contributed by atoms with Gasteiger partial charge in [-0.15, -0.1) is 0 Å². The summed E-state index contributed by atoms with van der Waals surface area (Å²) in [5, 5.41) is 4.28. The van der Waals surface area contributed by atoms with Gasteiger partial charge < -0.3 is 10.2 Å². The summed E-state index contributed by atoms with van der Waals surface area (Å²) in [6, 6.07) is 4.34. The quantitative estimate of drug-likeness (QED) is 0.831. The van der Waals surface area contributed by atoms with Crippen LogP contribution in [0.3, 0.4) is 0 Å². The maximum absolute atomic E-state index is 6.26. The Morgan fingerprint density at radius 1 is 1.50 bits per heavy atom. The number of nitrogens with zero attached hydrogens (tertiary/aromatic N) is 2. The van der Waals surface area contributed by atoms with E-state index in [1.54, 1.807) is 0 Å². The highest BCUT2D eigenvalue weighted by Gasteiger charge is 2.24. The Morgan fingerprint density at radius 2 is 2.39 bits per heavy atom. The molecule has 1 atom stereocenters. The molecule has 1 aliphatic heterocycles. The molecule has 0 radical (unpaired) electrons. The first-order chi connectivity index (χ1) is 8.83. The highest BCUT2D eigenvalue weighted by Crippen LogP contribution is 2.28. The second kappa shape index (κ2) is 6.95. The summed E-state index contributed by atoms with van der Waals surface area (Å²) in [7, 11) is 0. The molecule has 1 saturated heterocycles. The molecule has 2 heterocycles. The zero-order valence-corrected chi connectivity index (χ0v) is 11.8. The third-order valence-corrected chi connectivity index (χ3v) is 3.74. The van der Waals surface area contributed by atoms with Crippen molar-refractivity contribution in [2.24, 2.45) is 0 Å². The van der Waals surface area contributed by atoms with Gasteiger partial charge in [0.25, 0.3) is 0 Å². The van der Waals surface area contributed by atoms with E-state index >= 15 is 0 Å². The predicted octanol–water partition coefficient (Wildman–Crippen LogP) is 3.09. The van der Waals surface area contributed by atoms with Gasteiger partial charge in [0.2, 0.25) is 0 Å². The van der Waals surface area contributed by atoms with Gasteiger partial charge in [-0.25, -0.2) is 4.98 Å². The van der Waals surface area contributed by atoms with E-state index in [-0.39, 0.29) is 0 Å². The van der Waals surface area contributed by atoms with Gasteiger partial charge in [-0.05, 0) is 44.4 Å². The highest BCUT2D eigenvalue weighted by molar-refractivity contribution is 6.32. The van der Waals surface area contributed by atoms with Gasteiger partial charge in [0.15, 0.2) is 0 Å². The number of nitrogens with one attached hydrogen (secondary N) is 1. The molecule has 1 aromatic rings. The van der Waals surface area contributed by atoms with Crippen molar-refractivity contribution in [3.63, 3.8) is 0 Å². The van der Waals surface area contributed by atoms with E-state index < -0.39 is 0 Å². The van der Waals surface area contributed by atoms with Crippen LogP contribution in [0.15, 0.2) is 18.3 Å². The van der Waals surface area contributed by atoms with Crippen LogP contribution in [0.4, 0.5) is 5.82 Å². The van der Waals surface area contributed by atoms with Crippen molar-refractivity contribution in [1.82, 2.24) is 10.3 Å². The predicted molar refractivity (Wildman–Crippen MR) is 77.4 cm³/mol. The molecule has 18 heavy (non-hydrogen) atoms. The first kappa shape index (κ1) is 13.6. The Kier molecular flexibility index (Phi) is 5.26. The van der Waals surface area contributed by atoms with Crippen molar-refractivity contribution >= 4 is 17.4 Å². The normalized spacial score (nSPS) is 20.1. The summed E-state index contributed by atoms with van der Waals surface area (Å²) in [4.78, 5) is 6.82. The number of pyridine rings is 1. The molecule has 0 spiro atoms. The zero-order valence-electron chi connectivity index (χ0n) is 11.0. The van der Waals surface area contributed by atoms with E-state index in [0.717, 1.165) is 30.5 Å². The van der Waals surface area contributed by atoms with Gasteiger partial charge >= 0.3 is 0 Å². The fourth-order valence-corrected chi connectivity index (χ4v) is 2.76. The van der Waals surface area contributed by atoms with Gasteiger partial charge in [0.05, 0.1) is 5.02 Å². The zero-order chi connectivity index (χ0) is 12.8. The van der Waals surface area contributed by atoms with Crippen LogP contribution in [0, 0.1) is 0 Å². The molecule has 0 aromatic carbocycles. The van der Waals surface area contributed by atoms with Crippen LogP contribution < -0.4 is 10.2 Å². The Balaban J connectivity index is 2.05. The molecule has 1 aliphatic rings. The van der Waals surface area contributed by atoms with Crippen molar-refractivity contribution in [3.8, 4) is 0 Å². The minimum Gasteiger partial charge on any atom is -0.351 e. The van der Waals surface area contributed by atoms with Crippen molar-refractivity contribution in [3.05, 3.63) is 23.4 Å². The Morgan fingerprint density at radius 3 is 3.17 bits per heavy atom. The Labute approximate surface area is 115 Å². The number of halogens is 1. The molecule has 0 amide bonds. The minimum absolute atomic E-state index is 0.526. The molecule has 0 saturated carbocycles. The smallest absolute Gasteiger partial charge is 0.147 e. The lowest BCUT2D eigenvalue weighted by atomic mass is 10.0. The molecule has 100 valence electrons. The third kappa shape index (κ3) is 3.36. The van der Waals surface area contributed by atoms with Crippen LogP contribution in [0.1, 0.15) is 32.6 Å². The molecule has 3 nitrogen and oxygen atoms in total. The molecule has 1 N–H and O–H groups in total. The van der Waals surface area contributed by atoms with Crippen LogP contribution in [0.2, 0.25) is 5.02 Å². The first-order valence-corrected chi connectivity index (χ1v) is 7.28. The van der Waals surface area contributed by atoms with Crippen LogP contribution in [-0.2, 0) is 0 Å². The molecule has 0 aliphatic carbocycles. The fourth-order valence-electron chi connectivity index (χ4n) is 2.53. The molecule has 0 bridgehead atoms. The van der Waals surface area contributed by atoms with E-state index in [4.69, 9.17) is 11.6 Å². The minimum atomic E-state index is 0.526. The van der Waals surface area contributed by atoms with Crippen molar-refractivity contribution in [2.75, 3.05) is 24.5 Å². The summed E-state index contributed by atoms with van der Waals surface area (Å²) < 4.78 is 0. The van der Waals surface area contributed by atoms with Crippen molar-refractivity contribution < 1.29 is 0 Å². The Hall–Kier alpha value is -0.800. The van der Waals surface area contributed by atoms with Crippen molar-refractivity contribution in [2.45, 2.75) is 38.6 Å². The average Bonchev–Trinajstić information content (AvgIpc) is 2.40. The lowest BCUT2D eigenvalue weighted by Gasteiger charge is -2.37. The van der Waals surface area contributed by atoms with Gasteiger partial charge in [-0.2, -0.15) is 0 Å². The van der Waals surface area contributed by atoms with E-state index in [0.29, 0.717) is 6.04 Å². The molecular formula is C14H22ClN3. The number of aromatic nitrogens is 1. The Bertz CT molecular complexity index is 370. The van der Waals surface area contributed by atoms with Crippen LogP contribution >= 0.6 is 11.6 Å². The maximum Gasteiger partial charge on any atom is 0.147 e. The van der Waals surface area contributed by atoms with Gasteiger partial charge in [-0.1, -0.05) is 18.5 Å². The van der Waals surface area contributed by atoms with E-state index in [1.807, 2.05) is 18.3 Å².